The molecule has 0 aliphatic rings. The number of hydrogen-bond acceptors (Lipinski definition) is 3. The van der Waals surface area contributed by atoms with Gasteiger partial charge in [-0.25, -0.2) is 4.99 Å². The topological polar surface area (TPSA) is 42.9 Å². The van der Waals surface area contributed by atoms with Crippen molar-refractivity contribution >= 4 is 11.5 Å². The van der Waals surface area contributed by atoms with Crippen molar-refractivity contribution in [1.29, 1.82) is 0 Å². The Morgan fingerprint density at radius 3 is 2.22 bits per heavy atom. The fraction of sp³-hybridized carbons (Fsp3) is 0.364. The normalized spacial score (nSPS) is 11.1. The smallest absolute Gasteiger partial charge is 0.164 e. The SMILES string of the molecule is C=C(C)C(/C=C\C)=C\N=C(C)Nc1cc(CC)c(OC)c(OC)c1.C=CC.CCCc1cccc(C)c1. The molecule has 0 spiro atoms. The molecule has 0 radical (unpaired) electrons. The number of nitrogens with zero attached hydrogens (tertiary/aromatic N) is 1. The molecule has 2 rings (SSSR count). The molecule has 0 bridgehead atoms. The van der Waals surface area contributed by atoms with Crippen LogP contribution in [0.3, 0.4) is 0 Å². The summed E-state index contributed by atoms with van der Waals surface area (Å²) in [4.78, 5) is 4.47. The van der Waals surface area contributed by atoms with Gasteiger partial charge in [0.15, 0.2) is 11.5 Å². The molecule has 1 N–H and O–H groups in total. The van der Waals surface area contributed by atoms with Crippen LogP contribution in [0, 0.1) is 6.92 Å². The highest BCUT2D eigenvalue weighted by atomic mass is 16.5. The van der Waals surface area contributed by atoms with Crippen molar-refractivity contribution in [2.75, 3.05) is 19.5 Å². The second-order valence-corrected chi connectivity index (χ2v) is 8.58. The summed E-state index contributed by atoms with van der Waals surface area (Å²) < 4.78 is 10.9. The van der Waals surface area contributed by atoms with E-state index in [-0.39, 0.29) is 0 Å². The Morgan fingerprint density at radius 1 is 1.05 bits per heavy atom. The Labute approximate surface area is 226 Å². The van der Waals surface area contributed by atoms with E-state index in [9.17, 15) is 0 Å². The van der Waals surface area contributed by atoms with Gasteiger partial charge in [0.25, 0.3) is 0 Å². The van der Waals surface area contributed by atoms with E-state index in [0.717, 1.165) is 40.4 Å². The first-order valence-electron chi connectivity index (χ1n) is 12.9. The molecule has 0 heterocycles. The number of anilines is 1. The van der Waals surface area contributed by atoms with Gasteiger partial charge in [-0.2, -0.15) is 0 Å². The Bertz CT molecular complexity index is 1040. The molecule has 37 heavy (non-hydrogen) atoms. The number of rotatable bonds is 9. The van der Waals surface area contributed by atoms with Gasteiger partial charge in [-0.15, -0.1) is 6.58 Å². The molecule has 0 saturated heterocycles. The molecule has 4 nitrogen and oxygen atoms in total. The van der Waals surface area contributed by atoms with Crippen molar-refractivity contribution in [3.05, 3.63) is 102 Å². The van der Waals surface area contributed by atoms with Crippen molar-refractivity contribution in [3.8, 4) is 11.5 Å². The van der Waals surface area contributed by atoms with E-state index < -0.39 is 0 Å². The molecule has 0 amide bonds. The minimum atomic E-state index is 0.708. The van der Waals surface area contributed by atoms with Gasteiger partial charge in [-0.3, -0.25) is 0 Å². The number of amidine groups is 1. The lowest BCUT2D eigenvalue weighted by Crippen LogP contribution is -2.08. The number of benzene rings is 2. The monoisotopic (exact) mass is 504 g/mol. The minimum Gasteiger partial charge on any atom is -0.493 e. The zero-order valence-corrected chi connectivity index (χ0v) is 24.6. The van der Waals surface area contributed by atoms with Gasteiger partial charge in [0, 0.05) is 18.0 Å². The molecule has 0 aromatic heterocycles. The standard InChI is InChI=1S/C20H28N2O2.C10H14.C3H6/c1-8-10-17(14(3)4)13-21-15(5)22-18-11-16(9-2)20(24-7)19(12-18)23-6;1-3-5-10-7-4-6-9(2)8-10;1-3-2/h8,10-13H,3,9H2,1-2,4-7H3,(H,21,22);4,6-8H,3,5H2,1-2H3;3H,1H2,2H3/b10-8-,17-13-;;. The molecule has 0 unspecified atom stereocenters. The van der Waals surface area contributed by atoms with Crippen LogP contribution < -0.4 is 14.8 Å². The Morgan fingerprint density at radius 2 is 1.73 bits per heavy atom. The Hall–Kier alpha value is -3.53. The first-order valence-corrected chi connectivity index (χ1v) is 12.9. The summed E-state index contributed by atoms with van der Waals surface area (Å²) in [5.74, 6) is 2.27. The maximum atomic E-state index is 5.44. The molecule has 4 heteroatoms. The first-order chi connectivity index (χ1) is 17.7. The fourth-order valence-electron chi connectivity index (χ4n) is 3.42. The van der Waals surface area contributed by atoms with Gasteiger partial charge < -0.3 is 14.8 Å². The second kappa shape index (κ2) is 19.6. The van der Waals surface area contributed by atoms with Gasteiger partial charge in [-0.05, 0) is 75.8 Å². The Kier molecular flexibility index (Phi) is 17.8. The minimum absolute atomic E-state index is 0.708. The van der Waals surface area contributed by atoms with Crippen LogP contribution in [0.1, 0.15) is 64.7 Å². The van der Waals surface area contributed by atoms with Gasteiger partial charge in [0.2, 0.25) is 0 Å². The zero-order chi connectivity index (χ0) is 28.2. The summed E-state index contributed by atoms with van der Waals surface area (Å²) in [6.45, 7) is 21.5. The molecular formula is C33H48N2O2. The number of aryl methyl sites for hydroxylation is 3. The molecule has 0 aliphatic carbocycles. The highest BCUT2D eigenvalue weighted by molar-refractivity contribution is 5.94. The van der Waals surface area contributed by atoms with Crippen molar-refractivity contribution in [3.63, 3.8) is 0 Å². The third-order valence-electron chi connectivity index (χ3n) is 5.12. The highest BCUT2D eigenvalue weighted by Crippen LogP contribution is 2.34. The molecule has 2 aromatic carbocycles. The highest BCUT2D eigenvalue weighted by Gasteiger charge is 2.11. The van der Waals surface area contributed by atoms with Gasteiger partial charge >= 0.3 is 0 Å². The van der Waals surface area contributed by atoms with Gasteiger partial charge in [0.1, 0.15) is 5.84 Å². The summed E-state index contributed by atoms with van der Waals surface area (Å²) in [5, 5.41) is 3.30. The van der Waals surface area contributed by atoms with E-state index >= 15 is 0 Å². The van der Waals surface area contributed by atoms with Gasteiger partial charge in [-0.1, -0.05) is 74.9 Å². The third kappa shape index (κ3) is 13.4. The van der Waals surface area contributed by atoms with E-state index in [0.29, 0.717) is 5.75 Å². The molecule has 0 fully saturated rings. The second-order valence-electron chi connectivity index (χ2n) is 8.58. The van der Waals surface area contributed by atoms with Crippen molar-refractivity contribution in [2.24, 2.45) is 4.99 Å². The Balaban J connectivity index is 0.000000819. The van der Waals surface area contributed by atoms with Crippen LogP contribution in [0.2, 0.25) is 0 Å². The summed E-state index contributed by atoms with van der Waals surface area (Å²) in [5.41, 5.74) is 6.80. The average Bonchev–Trinajstić information content (AvgIpc) is 2.86. The zero-order valence-electron chi connectivity index (χ0n) is 24.6. The maximum Gasteiger partial charge on any atom is 0.164 e. The van der Waals surface area contributed by atoms with E-state index in [1.165, 1.54) is 24.0 Å². The average molecular weight is 505 g/mol. The predicted molar refractivity (Wildman–Crippen MR) is 164 cm³/mol. The van der Waals surface area contributed by atoms with Crippen molar-refractivity contribution < 1.29 is 9.47 Å². The third-order valence-corrected chi connectivity index (χ3v) is 5.12. The van der Waals surface area contributed by atoms with Crippen molar-refractivity contribution in [1.82, 2.24) is 0 Å². The number of aliphatic imine (C=N–C) groups is 1. The molecule has 0 aliphatic heterocycles. The van der Waals surface area contributed by atoms with Crippen LogP contribution in [0.4, 0.5) is 5.69 Å². The molecule has 202 valence electrons. The number of ether oxygens (including phenoxy) is 2. The quantitative estimate of drug-likeness (QED) is 0.160. The number of methoxy groups -OCH3 is 2. The molecular weight excluding hydrogens is 456 g/mol. The number of nitrogens with one attached hydrogen (secondary N) is 1. The van der Waals surface area contributed by atoms with E-state index in [1.807, 2.05) is 52.1 Å². The molecule has 0 saturated carbocycles. The van der Waals surface area contributed by atoms with Crippen molar-refractivity contribution in [2.45, 2.75) is 67.7 Å². The van der Waals surface area contributed by atoms with Gasteiger partial charge in [0.05, 0.1) is 14.2 Å². The summed E-state index contributed by atoms with van der Waals surface area (Å²) >= 11 is 0. The number of hydrogen-bond donors (Lipinski definition) is 1. The first kappa shape index (κ1) is 33.5. The van der Waals surface area contributed by atoms with Crippen LogP contribution in [0.15, 0.2) is 90.1 Å². The van der Waals surface area contributed by atoms with Crippen LogP contribution in [-0.2, 0) is 12.8 Å². The van der Waals surface area contributed by atoms with E-state index in [2.05, 4.69) is 74.6 Å². The molecule has 2 aromatic rings. The van der Waals surface area contributed by atoms with Crippen LogP contribution in [0.5, 0.6) is 11.5 Å². The maximum absolute atomic E-state index is 5.44. The lowest BCUT2D eigenvalue weighted by Gasteiger charge is -2.15. The lowest BCUT2D eigenvalue weighted by molar-refractivity contribution is 0.352. The van der Waals surface area contributed by atoms with E-state index in [4.69, 9.17) is 9.47 Å². The summed E-state index contributed by atoms with van der Waals surface area (Å²) in [6.07, 6.45) is 10.8. The largest absolute Gasteiger partial charge is 0.493 e. The summed E-state index contributed by atoms with van der Waals surface area (Å²) in [7, 11) is 3.29. The molecule has 0 atom stereocenters. The lowest BCUT2D eigenvalue weighted by atomic mass is 10.1. The van der Waals surface area contributed by atoms with Crippen LogP contribution >= 0.6 is 0 Å². The fourth-order valence-corrected chi connectivity index (χ4v) is 3.42. The number of allylic oxidation sites excluding steroid dienone is 5. The predicted octanol–water partition coefficient (Wildman–Crippen LogP) is 9.27. The summed E-state index contributed by atoms with van der Waals surface area (Å²) in [6, 6.07) is 12.7. The van der Waals surface area contributed by atoms with Crippen LogP contribution in [-0.4, -0.2) is 20.1 Å². The van der Waals surface area contributed by atoms with E-state index in [1.54, 1.807) is 20.3 Å². The van der Waals surface area contributed by atoms with Crippen LogP contribution in [0.25, 0.3) is 0 Å².